The largest absolute Gasteiger partial charge is 0.477 e. The second kappa shape index (κ2) is 4.90. The Labute approximate surface area is 103 Å². The predicted octanol–water partition coefficient (Wildman–Crippen LogP) is 2.92. The first-order valence-electron chi connectivity index (χ1n) is 6.03. The summed E-state index contributed by atoms with van der Waals surface area (Å²) in [6, 6.07) is 1.68. The smallest absolute Gasteiger partial charge is 0.354 e. The molecule has 0 atom stereocenters. The van der Waals surface area contributed by atoms with Crippen LogP contribution in [0.5, 0.6) is 0 Å². The van der Waals surface area contributed by atoms with Crippen molar-refractivity contribution in [3.05, 3.63) is 17.5 Å². The maximum Gasteiger partial charge on any atom is 0.354 e. The van der Waals surface area contributed by atoms with Crippen molar-refractivity contribution in [1.82, 2.24) is 9.78 Å². The van der Waals surface area contributed by atoms with Crippen LogP contribution < -0.4 is 0 Å². The molecule has 4 nitrogen and oxygen atoms in total. The van der Waals surface area contributed by atoms with Crippen LogP contribution in [0.3, 0.4) is 0 Å². The number of aromatic nitrogens is 2. The summed E-state index contributed by atoms with van der Waals surface area (Å²) in [5.74, 6) is -0.365. The second-order valence-corrected chi connectivity index (χ2v) is 5.88. The van der Waals surface area contributed by atoms with E-state index in [1.807, 2.05) is 20.8 Å². The van der Waals surface area contributed by atoms with Crippen molar-refractivity contribution in [2.75, 3.05) is 0 Å². The number of hydrogen-bond acceptors (Lipinski definition) is 2. The zero-order valence-corrected chi connectivity index (χ0v) is 11.3. The van der Waals surface area contributed by atoms with Crippen LogP contribution in [-0.2, 0) is 12.0 Å². The van der Waals surface area contributed by atoms with Crippen LogP contribution in [0.25, 0.3) is 0 Å². The fourth-order valence-corrected chi connectivity index (χ4v) is 1.51. The summed E-state index contributed by atoms with van der Waals surface area (Å²) in [7, 11) is 0. The van der Waals surface area contributed by atoms with Gasteiger partial charge in [0.1, 0.15) is 5.69 Å². The summed E-state index contributed by atoms with van der Waals surface area (Å²) in [4.78, 5) is 11.1. The molecule has 0 radical (unpaired) electrons. The molecule has 0 unspecified atom stereocenters. The molecule has 1 rings (SSSR count). The first-order valence-corrected chi connectivity index (χ1v) is 6.03. The van der Waals surface area contributed by atoms with E-state index in [-0.39, 0.29) is 11.1 Å². The lowest BCUT2D eigenvalue weighted by molar-refractivity contribution is 0.0682. The summed E-state index contributed by atoms with van der Waals surface area (Å²) in [5, 5.41) is 13.6. The second-order valence-electron chi connectivity index (χ2n) is 5.88. The summed E-state index contributed by atoms with van der Waals surface area (Å²) in [6.45, 7) is 11.0. The number of aryl methyl sites for hydroxylation is 1. The van der Waals surface area contributed by atoms with Crippen molar-refractivity contribution in [3.63, 3.8) is 0 Å². The normalized spacial score (nSPS) is 12.1. The fraction of sp³-hybridized carbons (Fsp3) is 0.692. The van der Waals surface area contributed by atoms with Gasteiger partial charge in [-0.05, 0) is 18.4 Å². The van der Waals surface area contributed by atoms with Crippen LogP contribution >= 0.6 is 0 Å². The molecular weight excluding hydrogens is 216 g/mol. The van der Waals surface area contributed by atoms with Gasteiger partial charge >= 0.3 is 5.97 Å². The molecule has 0 fully saturated rings. The van der Waals surface area contributed by atoms with Crippen molar-refractivity contribution in [2.24, 2.45) is 5.92 Å². The van der Waals surface area contributed by atoms with Crippen molar-refractivity contribution in [1.29, 1.82) is 0 Å². The van der Waals surface area contributed by atoms with Crippen LogP contribution in [0.1, 0.15) is 57.2 Å². The fourth-order valence-electron chi connectivity index (χ4n) is 1.51. The predicted molar refractivity (Wildman–Crippen MR) is 67.3 cm³/mol. The Bertz CT molecular complexity index is 400. The molecule has 0 aliphatic heterocycles. The minimum absolute atomic E-state index is 0.118. The number of carboxylic acids is 1. The number of hydrogen-bond donors (Lipinski definition) is 1. The Morgan fingerprint density at radius 3 is 2.47 bits per heavy atom. The lowest BCUT2D eigenvalue weighted by Crippen LogP contribution is -2.14. The van der Waals surface area contributed by atoms with Gasteiger partial charge in [0.15, 0.2) is 0 Å². The Balaban J connectivity index is 3.02. The molecule has 0 aliphatic rings. The average molecular weight is 238 g/mol. The molecule has 17 heavy (non-hydrogen) atoms. The quantitative estimate of drug-likeness (QED) is 0.877. The molecule has 0 aliphatic carbocycles. The van der Waals surface area contributed by atoms with Crippen LogP contribution in [-0.4, -0.2) is 20.9 Å². The van der Waals surface area contributed by atoms with E-state index in [0.29, 0.717) is 12.5 Å². The van der Waals surface area contributed by atoms with Crippen LogP contribution in [0.2, 0.25) is 0 Å². The Kier molecular flexibility index (Phi) is 3.96. The number of nitrogens with zero attached hydrogens (tertiary/aromatic N) is 2. The van der Waals surface area contributed by atoms with Crippen LogP contribution in [0.4, 0.5) is 0 Å². The highest BCUT2D eigenvalue weighted by Crippen LogP contribution is 2.22. The lowest BCUT2D eigenvalue weighted by Gasteiger charge is -2.14. The molecule has 1 aromatic heterocycles. The molecule has 0 amide bonds. The number of carboxylic acid groups (broad SMARTS) is 1. The number of aromatic carboxylic acids is 1. The van der Waals surface area contributed by atoms with E-state index >= 15 is 0 Å². The van der Waals surface area contributed by atoms with Crippen molar-refractivity contribution in [2.45, 2.75) is 53.0 Å². The van der Waals surface area contributed by atoms with Gasteiger partial charge in [0.05, 0.1) is 5.69 Å². The number of rotatable bonds is 4. The third-order valence-corrected chi connectivity index (χ3v) is 2.69. The highest BCUT2D eigenvalue weighted by molar-refractivity contribution is 5.85. The van der Waals surface area contributed by atoms with E-state index in [2.05, 4.69) is 18.9 Å². The van der Waals surface area contributed by atoms with Gasteiger partial charge in [0.25, 0.3) is 0 Å². The van der Waals surface area contributed by atoms with E-state index in [1.165, 1.54) is 0 Å². The summed E-state index contributed by atoms with van der Waals surface area (Å²) in [6.07, 6.45) is 0.936. The average Bonchev–Trinajstić information content (AvgIpc) is 2.57. The standard InChI is InChI=1S/C13H22N2O2/c1-9(2)6-7-15-10(12(16)17)8-11(14-15)13(3,4)5/h8-9H,6-7H2,1-5H3,(H,16,17). The maximum absolute atomic E-state index is 11.1. The molecule has 0 bridgehead atoms. The summed E-state index contributed by atoms with van der Waals surface area (Å²) < 4.78 is 1.61. The maximum atomic E-state index is 11.1. The molecule has 96 valence electrons. The minimum Gasteiger partial charge on any atom is -0.477 e. The Morgan fingerprint density at radius 1 is 1.47 bits per heavy atom. The first-order chi connectivity index (χ1) is 7.71. The summed E-state index contributed by atoms with van der Waals surface area (Å²) >= 11 is 0. The topological polar surface area (TPSA) is 55.1 Å². The van der Waals surface area contributed by atoms with E-state index in [1.54, 1.807) is 10.7 Å². The molecule has 0 saturated heterocycles. The minimum atomic E-state index is -0.906. The van der Waals surface area contributed by atoms with Gasteiger partial charge in [-0.25, -0.2) is 4.79 Å². The zero-order chi connectivity index (χ0) is 13.2. The molecule has 0 aromatic carbocycles. The van der Waals surface area contributed by atoms with Crippen LogP contribution in [0, 0.1) is 5.92 Å². The monoisotopic (exact) mass is 238 g/mol. The molecule has 0 saturated carbocycles. The van der Waals surface area contributed by atoms with Crippen molar-refractivity contribution >= 4 is 5.97 Å². The summed E-state index contributed by atoms with van der Waals surface area (Å²) in [5.41, 5.74) is 1.00. The third-order valence-electron chi connectivity index (χ3n) is 2.69. The first kappa shape index (κ1) is 13.7. The van der Waals surface area contributed by atoms with Gasteiger partial charge < -0.3 is 5.11 Å². The van der Waals surface area contributed by atoms with Gasteiger partial charge in [-0.1, -0.05) is 34.6 Å². The molecule has 1 aromatic rings. The van der Waals surface area contributed by atoms with Gasteiger partial charge in [0, 0.05) is 12.0 Å². The van der Waals surface area contributed by atoms with Gasteiger partial charge in [-0.15, -0.1) is 0 Å². The third kappa shape index (κ3) is 3.58. The SMILES string of the molecule is CC(C)CCn1nc(C(C)(C)C)cc1C(=O)O. The van der Waals surface area contributed by atoms with E-state index in [4.69, 9.17) is 5.11 Å². The Morgan fingerprint density at radius 2 is 2.06 bits per heavy atom. The van der Waals surface area contributed by atoms with Gasteiger partial charge in [-0.2, -0.15) is 5.10 Å². The highest BCUT2D eigenvalue weighted by atomic mass is 16.4. The molecular formula is C13H22N2O2. The van der Waals surface area contributed by atoms with Gasteiger partial charge in [0.2, 0.25) is 0 Å². The lowest BCUT2D eigenvalue weighted by atomic mass is 9.92. The van der Waals surface area contributed by atoms with E-state index < -0.39 is 5.97 Å². The van der Waals surface area contributed by atoms with E-state index in [0.717, 1.165) is 12.1 Å². The molecule has 4 heteroatoms. The zero-order valence-electron chi connectivity index (χ0n) is 11.3. The molecule has 0 spiro atoms. The van der Waals surface area contributed by atoms with Crippen molar-refractivity contribution < 1.29 is 9.90 Å². The van der Waals surface area contributed by atoms with Gasteiger partial charge in [-0.3, -0.25) is 4.68 Å². The van der Waals surface area contributed by atoms with E-state index in [9.17, 15) is 4.79 Å². The van der Waals surface area contributed by atoms with Crippen molar-refractivity contribution in [3.8, 4) is 0 Å². The molecule has 1 N–H and O–H groups in total. The molecule has 1 heterocycles. The highest BCUT2D eigenvalue weighted by Gasteiger charge is 2.22. The Hall–Kier alpha value is -1.32. The number of carbonyl (C=O) groups is 1. The van der Waals surface area contributed by atoms with Crippen LogP contribution in [0.15, 0.2) is 6.07 Å².